The summed E-state index contributed by atoms with van der Waals surface area (Å²) in [6, 6.07) is 19.3. The summed E-state index contributed by atoms with van der Waals surface area (Å²) in [5.41, 5.74) is 0.858. The summed E-state index contributed by atoms with van der Waals surface area (Å²) in [7, 11) is -0.679. The van der Waals surface area contributed by atoms with E-state index >= 15 is 0 Å². The van der Waals surface area contributed by atoms with Crippen LogP contribution in [0.2, 0.25) is 0 Å². The summed E-state index contributed by atoms with van der Waals surface area (Å²) in [5.74, 6) is 1.47. The van der Waals surface area contributed by atoms with Crippen molar-refractivity contribution >= 4 is 27.3 Å². The summed E-state index contributed by atoms with van der Waals surface area (Å²) in [4.78, 5) is 12.5. The standard InChI is InChI=1S/C23H24N2O6S/c1-16(31-21-12-10-20(30-3)11-13-21)23(26)24-17-6-14-22(15-7-17)32(27,28)25-18-4-8-19(29-2)9-5-18/h4-16,25H,1-3H3,(H,24,26). The minimum absolute atomic E-state index is 0.0637. The van der Waals surface area contributed by atoms with Crippen LogP contribution in [0.1, 0.15) is 6.92 Å². The molecule has 9 heteroatoms. The molecule has 32 heavy (non-hydrogen) atoms. The molecule has 0 heterocycles. The van der Waals surface area contributed by atoms with Gasteiger partial charge in [-0.25, -0.2) is 8.42 Å². The van der Waals surface area contributed by atoms with Crippen LogP contribution in [0.3, 0.4) is 0 Å². The van der Waals surface area contributed by atoms with Crippen molar-refractivity contribution < 1.29 is 27.4 Å². The van der Waals surface area contributed by atoms with Gasteiger partial charge >= 0.3 is 0 Å². The molecule has 3 aromatic rings. The minimum Gasteiger partial charge on any atom is -0.497 e. The zero-order valence-electron chi connectivity index (χ0n) is 17.9. The molecule has 1 unspecified atom stereocenters. The van der Waals surface area contributed by atoms with Crippen LogP contribution in [0.15, 0.2) is 77.7 Å². The third-order valence-corrected chi connectivity index (χ3v) is 5.91. The molecule has 0 spiro atoms. The van der Waals surface area contributed by atoms with Crippen LogP contribution in [0.25, 0.3) is 0 Å². The molecule has 0 saturated heterocycles. The Morgan fingerprint density at radius 3 is 1.75 bits per heavy atom. The molecule has 3 rings (SSSR count). The number of nitrogens with one attached hydrogen (secondary N) is 2. The van der Waals surface area contributed by atoms with Crippen molar-refractivity contribution in [3.8, 4) is 17.2 Å². The SMILES string of the molecule is COc1ccc(NS(=O)(=O)c2ccc(NC(=O)C(C)Oc3ccc(OC)cc3)cc2)cc1. The van der Waals surface area contributed by atoms with Crippen LogP contribution >= 0.6 is 0 Å². The smallest absolute Gasteiger partial charge is 0.265 e. The Labute approximate surface area is 187 Å². The van der Waals surface area contributed by atoms with Gasteiger partial charge < -0.3 is 19.5 Å². The number of amides is 1. The van der Waals surface area contributed by atoms with Crippen LogP contribution in [0.4, 0.5) is 11.4 Å². The van der Waals surface area contributed by atoms with Gasteiger partial charge in [0.2, 0.25) is 0 Å². The van der Waals surface area contributed by atoms with E-state index in [1.807, 2.05) is 0 Å². The molecule has 3 aromatic carbocycles. The Morgan fingerprint density at radius 1 is 0.750 bits per heavy atom. The van der Waals surface area contributed by atoms with E-state index < -0.39 is 16.1 Å². The molecule has 168 valence electrons. The second kappa shape index (κ2) is 10.1. The first-order chi connectivity index (χ1) is 15.3. The summed E-state index contributed by atoms with van der Waals surface area (Å²) >= 11 is 0. The highest BCUT2D eigenvalue weighted by atomic mass is 32.2. The number of carbonyl (C=O) groups excluding carboxylic acids is 1. The molecule has 0 aliphatic heterocycles. The number of methoxy groups -OCH3 is 2. The van der Waals surface area contributed by atoms with E-state index in [1.54, 1.807) is 62.6 Å². The molecule has 0 fully saturated rings. The summed E-state index contributed by atoms with van der Waals surface area (Å²) in [5, 5.41) is 2.71. The number of hydrogen-bond acceptors (Lipinski definition) is 6. The van der Waals surface area contributed by atoms with E-state index in [0.717, 1.165) is 0 Å². The normalized spacial score (nSPS) is 11.8. The van der Waals surface area contributed by atoms with E-state index in [4.69, 9.17) is 14.2 Å². The maximum atomic E-state index is 12.6. The highest BCUT2D eigenvalue weighted by molar-refractivity contribution is 7.92. The van der Waals surface area contributed by atoms with Gasteiger partial charge in [-0.15, -0.1) is 0 Å². The maximum absolute atomic E-state index is 12.6. The average molecular weight is 457 g/mol. The minimum atomic E-state index is -3.78. The molecule has 0 saturated carbocycles. The zero-order valence-corrected chi connectivity index (χ0v) is 18.7. The number of anilines is 2. The lowest BCUT2D eigenvalue weighted by molar-refractivity contribution is -0.122. The Kier molecular flexibility index (Phi) is 7.21. The van der Waals surface area contributed by atoms with Gasteiger partial charge in [0.15, 0.2) is 6.10 Å². The first-order valence-corrected chi connectivity index (χ1v) is 11.2. The highest BCUT2D eigenvalue weighted by Gasteiger charge is 2.17. The molecule has 1 atom stereocenters. The fourth-order valence-corrected chi connectivity index (χ4v) is 3.81. The molecule has 0 aromatic heterocycles. The van der Waals surface area contributed by atoms with Crippen molar-refractivity contribution in [1.82, 2.24) is 0 Å². The number of ether oxygens (including phenoxy) is 3. The third kappa shape index (κ3) is 5.92. The predicted octanol–water partition coefficient (Wildman–Crippen LogP) is 3.91. The Bertz CT molecular complexity index is 1140. The molecular weight excluding hydrogens is 432 g/mol. The topological polar surface area (TPSA) is 103 Å². The number of sulfonamides is 1. The number of carbonyl (C=O) groups is 1. The molecule has 0 aliphatic carbocycles. The van der Waals surface area contributed by atoms with E-state index in [0.29, 0.717) is 28.6 Å². The summed E-state index contributed by atoms with van der Waals surface area (Å²) in [6.07, 6.45) is -0.761. The van der Waals surface area contributed by atoms with Crippen LogP contribution in [-0.4, -0.2) is 34.6 Å². The first kappa shape index (κ1) is 23.0. The van der Waals surface area contributed by atoms with Crippen LogP contribution in [-0.2, 0) is 14.8 Å². The molecule has 2 N–H and O–H groups in total. The van der Waals surface area contributed by atoms with Crippen LogP contribution in [0.5, 0.6) is 17.2 Å². The van der Waals surface area contributed by atoms with Crippen molar-refractivity contribution in [1.29, 1.82) is 0 Å². The molecule has 0 bridgehead atoms. The van der Waals surface area contributed by atoms with Crippen molar-refractivity contribution in [2.75, 3.05) is 24.3 Å². The largest absolute Gasteiger partial charge is 0.497 e. The highest BCUT2D eigenvalue weighted by Crippen LogP contribution is 2.21. The lowest BCUT2D eigenvalue weighted by atomic mass is 10.3. The average Bonchev–Trinajstić information content (AvgIpc) is 2.80. The predicted molar refractivity (Wildman–Crippen MR) is 122 cm³/mol. The van der Waals surface area contributed by atoms with E-state index in [9.17, 15) is 13.2 Å². The monoisotopic (exact) mass is 456 g/mol. The van der Waals surface area contributed by atoms with E-state index in [2.05, 4.69) is 10.0 Å². The first-order valence-electron chi connectivity index (χ1n) is 9.69. The van der Waals surface area contributed by atoms with Gasteiger partial charge in [0, 0.05) is 11.4 Å². The van der Waals surface area contributed by atoms with Gasteiger partial charge in [0.25, 0.3) is 15.9 Å². The molecular formula is C23H24N2O6S. The van der Waals surface area contributed by atoms with Gasteiger partial charge in [-0.2, -0.15) is 0 Å². The molecule has 0 aliphatic rings. The lowest BCUT2D eigenvalue weighted by Crippen LogP contribution is -2.30. The molecule has 0 radical (unpaired) electrons. The van der Waals surface area contributed by atoms with Gasteiger partial charge in [0.1, 0.15) is 17.2 Å². The van der Waals surface area contributed by atoms with Crippen molar-refractivity contribution in [2.24, 2.45) is 0 Å². The molecule has 1 amide bonds. The van der Waals surface area contributed by atoms with E-state index in [-0.39, 0.29) is 10.8 Å². The number of benzene rings is 3. The molecule has 8 nitrogen and oxygen atoms in total. The fourth-order valence-electron chi connectivity index (χ4n) is 2.75. The summed E-state index contributed by atoms with van der Waals surface area (Å²) in [6.45, 7) is 1.62. The van der Waals surface area contributed by atoms with Crippen LogP contribution in [0, 0.1) is 0 Å². The van der Waals surface area contributed by atoms with Crippen molar-refractivity contribution in [3.63, 3.8) is 0 Å². The fraction of sp³-hybridized carbons (Fsp3) is 0.174. The van der Waals surface area contributed by atoms with E-state index in [1.165, 1.54) is 31.4 Å². The Hall–Kier alpha value is -3.72. The van der Waals surface area contributed by atoms with Crippen molar-refractivity contribution in [3.05, 3.63) is 72.8 Å². The maximum Gasteiger partial charge on any atom is 0.265 e. The Balaban J connectivity index is 1.60. The van der Waals surface area contributed by atoms with Gasteiger partial charge in [0.05, 0.1) is 19.1 Å². The Morgan fingerprint density at radius 2 is 1.22 bits per heavy atom. The second-order valence-electron chi connectivity index (χ2n) is 6.78. The second-order valence-corrected chi connectivity index (χ2v) is 8.47. The van der Waals surface area contributed by atoms with Crippen LogP contribution < -0.4 is 24.2 Å². The van der Waals surface area contributed by atoms with Gasteiger partial charge in [-0.1, -0.05) is 0 Å². The van der Waals surface area contributed by atoms with Gasteiger partial charge in [-0.3, -0.25) is 9.52 Å². The van der Waals surface area contributed by atoms with Gasteiger partial charge in [-0.05, 0) is 79.7 Å². The van der Waals surface area contributed by atoms with Crippen molar-refractivity contribution in [2.45, 2.75) is 17.9 Å². The number of rotatable bonds is 9. The summed E-state index contributed by atoms with van der Waals surface area (Å²) < 4.78 is 43.5. The third-order valence-electron chi connectivity index (χ3n) is 4.52. The zero-order chi connectivity index (χ0) is 23.1. The number of hydrogen-bond donors (Lipinski definition) is 2. The lowest BCUT2D eigenvalue weighted by Gasteiger charge is -2.15. The quantitative estimate of drug-likeness (QED) is 0.506.